The molecule has 1 N–H and O–H groups in total. The first kappa shape index (κ1) is 22.3. The number of anilines is 2. The minimum atomic E-state index is -3.77. The highest BCUT2D eigenvalue weighted by molar-refractivity contribution is 7.92. The Bertz CT molecular complexity index is 980. The van der Waals surface area contributed by atoms with Crippen molar-refractivity contribution in [1.82, 2.24) is 0 Å². The van der Waals surface area contributed by atoms with Crippen LogP contribution in [0.3, 0.4) is 0 Å². The van der Waals surface area contributed by atoms with E-state index in [2.05, 4.69) is 5.32 Å². The summed E-state index contributed by atoms with van der Waals surface area (Å²) in [4.78, 5) is 12.9. The van der Waals surface area contributed by atoms with Crippen molar-refractivity contribution in [1.29, 1.82) is 0 Å². The average Bonchev–Trinajstić information content (AvgIpc) is 2.61. The Balaban J connectivity index is 2.41. The van der Waals surface area contributed by atoms with E-state index in [0.717, 1.165) is 16.1 Å². The quantitative estimate of drug-likeness (QED) is 0.681. The van der Waals surface area contributed by atoms with Crippen molar-refractivity contribution in [2.45, 2.75) is 26.3 Å². The number of nitrogens with zero attached hydrogens (tertiary/aromatic N) is 1. The van der Waals surface area contributed by atoms with Gasteiger partial charge in [-0.2, -0.15) is 0 Å². The number of nitrogens with one attached hydrogen (secondary N) is 1. The lowest BCUT2D eigenvalue weighted by molar-refractivity contribution is -0.117. The molecule has 0 bridgehead atoms. The minimum absolute atomic E-state index is 0.245. The molecule has 0 aliphatic rings. The summed E-state index contributed by atoms with van der Waals surface area (Å²) in [5.41, 5.74) is 1.63. The van der Waals surface area contributed by atoms with E-state index in [0.29, 0.717) is 16.5 Å². The van der Waals surface area contributed by atoms with Crippen LogP contribution in [0.5, 0.6) is 5.75 Å². The molecule has 2 aromatic carbocycles. The number of ether oxygens (including phenoxy) is 1. The van der Waals surface area contributed by atoms with E-state index in [1.807, 2.05) is 6.92 Å². The zero-order valence-electron chi connectivity index (χ0n) is 16.0. The molecule has 1 atom stereocenters. The molecule has 0 aromatic heterocycles. The van der Waals surface area contributed by atoms with Crippen molar-refractivity contribution in [3.8, 4) is 5.75 Å². The first-order chi connectivity index (χ1) is 13.1. The van der Waals surface area contributed by atoms with Crippen LogP contribution < -0.4 is 14.4 Å². The van der Waals surface area contributed by atoms with Gasteiger partial charge in [0.1, 0.15) is 11.8 Å². The number of halogens is 2. The summed E-state index contributed by atoms with van der Waals surface area (Å²) in [6.07, 6.45) is 1.30. The molecule has 6 nitrogen and oxygen atoms in total. The number of rotatable bonds is 7. The van der Waals surface area contributed by atoms with Crippen LogP contribution >= 0.6 is 23.2 Å². The van der Waals surface area contributed by atoms with Gasteiger partial charge in [-0.1, -0.05) is 36.2 Å². The first-order valence-corrected chi connectivity index (χ1v) is 11.1. The molecule has 1 amide bonds. The predicted molar refractivity (Wildman–Crippen MR) is 114 cm³/mol. The van der Waals surface area contributed by atoms with Crippen molar-refractivity contribution in [3.05, 3.63) is 52.0 Å². The Morgan fingerprint density at radius 2 is 1.86 bits per heavy atom. The monoisotopic (exact) mass is 444 g/mol. The highest BCUT2D eigenvalue weighted by Gasteiger charge is 2.32. The van der Waals surface area contributed by atoms with E-state index in [1.54, 1.807) is 37.3 Å². The third-order valence-corrected chi connectivity index (χ3v) is 6.04. The normalized spacial score (nSPS) is 12.4. The van der Waals surface area contributed by atoms with E-state index < -0.39 is 22.0 Å². The van der Waals surface area contributed by atoms with Gasteiger partial charge in [0.25, 0.3) is 0 Å². The van der Waals surface area contributed by atoms with Crippen LogP contribution in [0.15, 0.2) is 36.4 Å². The molecule has 0 saturated heterocycles. The lowest BCUT2D eigenvalue weighted by Gasteiger charge is -2.30. The third kappa shape index (κ3) is 5.10. The molecule has 0 aliphatic carbocycles. The van der Waals surface area contributed by atoms with Gasteiger partial charge in [-0.05, 0) is 49.2 Å². The fourth-order valence-corrected chi connectivity index (χ4v) is 4.38. The van der Waals surface area contributed by atoms with E-state index >= 15 is 0 Å². The van der Waals surface area contributed by atoms with Gasteiger partial charge in [0, 0.05) is 10.7 Å². The van der Waals surface area contributed by atoms with Crippen molar-refractivity contribution < 1.29 is 17.9 Å². The first-order valence-electron chi connectivity index (χ1n) is 8.48. The second kappa shape index (κ2) is 9.03. The largest absolute Gasteiger partial charge is 0.495 e. The van der Waals surface area contributed by atoms with Crippen LogP contribution in [0.1, 0.15) is 18.9 Å². The molecule has 2 aromatic rings. The maximum absolute atomic E-state index is 12.9. The van der Waals surface area contributed by atoms with Crippen molar-refractivity contribution in [2.75, 3.05) is 23.0 Å². The molecule has 0 saturated carbocycles. The van der Waals surface area contributed by atoms with Crippen molar-refractivity contribution in [3.63, 3.8) is 0 Å². The Morgan fingerprint density at radius 3 is 2.36 bits per heavy atom. The van der Waals surface area contributed by atoms with Gasteiger partial charge in [-0.15, -0.1) is 0 Å². The summed E-state index contributed by atoms with van der Waals surface area (Å²) < 4.78 is 31.2. The van der Waals surface area contributed by atoms with Crippen molar-refractivity contribution >= 4 is 50.5 Å². The Kier molecular flexibility index (Phi) is 7.20. The standard InChI is InChI=1S/C19H22Cl2N2O4S/c1-5-17(19(24)22-13-7-6-12(2)15(20)10-13)23(28(4,25)26)14-8-9-18(27-3)16(21)11-14/h6-11,17H,5H2,1-4H3,(H,22,24). The topological polar surface area (TPSA) is 75.7 Å². The summed E-state index contributed by atoms with van der Waals surface area (Å²) in [7, 11) is -2.31. The van der Waals surface area contributed by atoms with E-state index in [4.69, 9.17) is 27.9 Å². The zero-order chi connectivity index (χ0) is 21.1. The number of amides is 1. The molecule has 152 valence electrons. The molecule has 9 heteroatoms. The second-order valence-electron chi connectivity index (χ2n) is 6.25. The Labute approximate surface area is 175 Å². The number of hydrogen-bond donors (Lipinski definition) is 1. The Morgan fingerprint density at radius 1 is 1.18 bits per heavy atom. The van der Waals surface area contributed by atoms with E-state index in [1.165, 1.54) is 13.2 Å². The summed E-state index contributed by atoms with van der Waals surface area (Å²) in [6, 6.07) is 8.69. The molecule has 1 unspecified atom stereocenters. The summed E-state index contributed by atoms with van der Waals surface area (Å²) in [6.45, 7) is 3.58. The Hall–Kier alpha value is -1.96. The number of hydrogen-bond acceptors (Lipinski definition) is 4. The molecular weight excluding hydrogens is 423 g/mol. The van der Waals surface area contributed by atoms with Crippen LogP contribution in [0.4, 0.5) is 11.4 Å². The van der Waals surface area contributed by atoms with Gasteiger partial charge in [0.05, 0.1) is 24.1 Å². The smallest absolute Gasteiger partial charge is 0.248 e. The van der Waals surface area contributed by atoms with Crippen LogP contribution in [0.2, 0.25) is 10.0 Å². The number of methoxy groups -OCH3 is 1. The van der Waals surface area contributed by atoms with Gasteiger partial charge < -0.3 is 10.1 Å². The number of carbonyl (C=O) groups excluding carboxylic acids is 1. The van der Waals surface area contributed by atoms with Crippen LogP contribution in [-0.2, 0) is 14.8 Å². The number of aryl methyl sites for hydroxylation is 1. The van der Waals surface area contributed by atoms with Gasteiger partial charge in [0.2, 0.25) is 15.9 Å². The molecule has 0 aliphatic heterocycles. The number of sulfonamides is 1. The minimum Gasteiger partial charge on any atom is -0.495 e. The van der Waals surface area contributed by atoms with Crippen LogP contribution in [0, 0.1) is 6.92 Å². The predicted octanol–water partition coefficient (Wildman–Crippen LogP) is 4.49. The SMILES string of the molecule is CCC(C(=O)Nc1ccc(C)c(Cl)c1)N(c1ccc(OC)c(Cl)c1)S(C)(=O)=O. The average molecular weight is 445 g/mol. The van der Waals surface area contributed by atoms with Gasteiger partial charge in [-0.3, -0.25) is 9.10 Å². The van der Waals surface area contributed by atoms with Crippen molar-refractivity contribution in [2.24, 2.45) is 0 Å². The molecule has 28 heavy (non-hydrogen) atoms. The molecule has 0 heterocycles. The van der Waals surface area contributed by atoms with E-state index in [-0.39, 0.29) is 17.1 Å². The molecule has 0 fully saturated rings. The summed E-state index contributed by atoms with van der Waals surface area (Å²) in [5.74, 6) is -0.0644. The zero-order valence-corrected chi connectivity index (χ0v) is 18.3. The summed E-state index contributed by atoms with van der Waals surface area (Å²) >= 11 is 12.3. The maximum atomic E-state index is 12.9. The van der Waals surface area contributed by atoms with Gasteiger partial charge >= 0.3 is 0 Å². The molecule has 0 spiro atoms. The molecule has 0 radical (unpaired) electrons. The highest BCUT2D eigenvalue weighted by Crippen LogP contribution is 2.32. The number of carbonyl (C=O) groups is 1. The van der Waals surface area contributed by atoms with Crippen LogP contribution in [0.25, 0.3) is 0 Å². The lowest BCUT2D eigenvalue weighted by Crippen LogP contribution is -2.47. The fourth-order valence-electron chi connectivity index (χ4n) is 2.75. The third-order valence-electron chi connectivity index (χ3n) is 4.16. The number of benzene rings is 2. The van der Waals surface area contributed by atoms with Gasteiger partial charge in [0.15, 0.2) is 0 Å². The van der Waals surface area contributed by atoms with Crippen LogP contribution in [-0.4, -0.2) is 33.7 Å². The maximum Gasteiger partial charge on any atom is 0.248 e. The summed E-state index contributed by atoms with van der Waals surface area (Å²) in [5, 5.41) is 3.49. The molecular formula is C19H22Cl2N2O4S. The lowest BCUT2D eigenvalue weighted by atomic mass is 10.1. The molecule has 2 rings (SSSR count). The fraction of sp³-hybridized carbons (Fsp3) is 0.316. The highest BCUT2D eigenvalue weighted by atomic mass is 35.5. The van der Waals surface area contributed by atoms with Gasteiger partial charge in [-0.25, -0.2) is 8.42 Å². The van der Waals surface area contributed by atoms with E-state index in [9.17, 15) is 13.2 Å². The second-order valence-corrected chi connectivity index (χ2v) is 8.93.